The van der Waals surface area contributed by atoms with Crippen LogP contribution in [-0.2, 0) is 14.3 Å². The molecule has 5 aromatic rings. The molecule has 1 aliphatic rings. The third-order valence-electron chi connectivity index (χ3n) is 8.50. The largest absolute Gasteiger partial charge is 0.453 e. The summed E-state index contributed by atoms with van der Waals surface area (Å²) in [7, 11) is 1.28. The molecule has 3 aromatic carbocycles. The molecular weight excluding hydrogens is 658 g/mol. The maximum Gasteiger partial charge on any atom is 0.411 e. The van der Waals surface area contributed by atoms with E-state index in [9.17, 15) is 14.4 Å². The van der Waals surface area contributed by atoms with E-state index in [0.717, 1.165) is 18.4 Å². The maximum atomic E-state index is 14.1. The highest BCUT2D eigenvalue weighted by molar-refractivity contribution is 6.30. The Labute approximate surface area is 293 Å². The third-order valence-corrected chi connectivity index (χ3v) is 8.74. The molecule has 3 amide bonds. The van der Waals surface area contributed by atoms with E-state index < -0.39 is 12.1 Å². The van der Waals surface area contributed by atoms with Crippen LogP contribution in [0.15, 0.2) is 85.3 Å². The van der Waals surface area contributed by atoms with Crippen molar-refractivity contribution in [3.8, 4) is 16.9 Å². The van der Waals surface area contributed by atoms with Crippen LogP contribution < -0.4 is 10.6 Å². The first kappa shape index (κ1) is 34.1. The molecule has 0 saturated carbocycles. The minimum atomic E-state index is -0.627. The molecule has 50 heavy (non-hydrogen) atoms. The summed E-state index contributed by atoms with van der Waals surface area (Å²) in [5.74, 6) is 0.211. The number of benzene rings is 3. The van der Waals surface area contributed by atoms with E-state index in [-0.39, 0.29) is 17.7 Å². The third kappa shape index (κ3) is 7.73. The van der Waals surface area contributed by atoms with Gasteiger partial charge in [-0.05, 0) is 77.7 Å². The summed E-state index contributed by atoms with van der Waals surface area (Å²) in [6.07, 6.45) is 8.47. The maximum absolute atomic E-state index is 14.1. The molecule has 1 fully saturated rings. The van der Waals surface area contributed by atoms with Crippen LogP contribution in [0.25, 0.3) is 23.0 Å². The molecule has 0 bridgehead atoms. The van der Waals surface area contributed by atoms with E-state index in [0.29, 0.717) is 64.1 Å². The smallest absolute Gasteiger partial charge is 0.411 e. The molecular formula is C36H36ClN9O4. The van der Waals surface area contributed by atoms with Crippen LogP contribution in [0.5, 0.6) is 0 Å². The van der Waals surface area contributed by atoms with Crippen molar-refractivity contribution in [2.75, 3.05) is 24.3 Å². The number of carbonyl (C=O) groups excluding carboxylic acids is 3. The number of aromatic amines is 1. The predicted octanol–water partition coefficient (Wildman–Crippen LogP) is 6.78. The Kier molecular flexibility index (Phi) is 10.6. The zero-order valence-electron chi connectivity index (χ0n) is 27.5. The average molecular weight is 694 g/mol. The molecule has 3 N–H and O–H groups in total. The summed E-state index contributed by atoms with van der Waals surface area (Å²) in [6.45, 7) is 2.45. The number of rotatable bonds is 10. The molecule has 1 saturated heterocycles. The molecule has 1 aliphatic heterocycles. The lowest BCUT2D eigenvalue weighted by Crippen LogP contribution is -2.41. The van der Waals surface area contributed by atoms with Gasteiger partial charge in [-0.1, -0.05) is 48.9 Å². The van der Waals surface area contributed by atoms with Crippen LogP contribution in [0, 0.1) is 0 Å². The fraction of sp³-hybridized carbons (Fsp3) is 0.250. The van der Waals surface area contributed by atoms with Crippen molar-refractivity contribution in [1.82, 2.24) is 35.1 Å². The van der Waals surface area contributed by atoms with Gasteiger partial charge in [-0.2, -0.15) is 4.68 Å². The number of likely N-dealkylation sites (tertiary alicyclic amines) is 1. The molecule has 0 aliphatic carbocycles. The van der Waals surface area contributed by atoms with E-state index in [4.69, 9.17) is 21.3 Å². The monoisotopic (exact) mass is 693 g/mol. The Hall–Kier alpha value is -5.82. The van der Waals surface area contributed by atoms with Gasteiger partial charge in [-0.15, -0.1) is 5.10 Å². The van der Waals surface area contributed by atoms with Crippen molar-refractivity contribution in [3.05, 3.63) is 107 Å². The number of hydrogen-bond acceptors (Lipinski definition) is 8. The van der Waals surface area contributed by atoms with E-state index >= 15 is 0 Å². The summed E-state index contributed by atoms with van der Waals surface area (Å²) in [5, 5.41) is 17.6. The first-order valence-electron chi connectivity index (χ1n) is 16.2. The number of hydrogen-bond donors (Lipinski definition) is 3. The van der Waals surface area contributed by atoms with Gasteiger partial charge in [0.1, 0.15) is 12.2 Å². The van der Waals surface area contributed by atoms with Crippen LogP contribution in [0.1, 0.15) is 61.5 Å². The van der Waals surface area contributed by atoms with Gasteiger partial charge < -0.3 is 19.9 Å². The van der Waals surface area contributed by atoms with Crippen molar-refractivity contribution in [1.29, 1.82) is 0 Å². The number of halogens is 1. The minimum absolute atomic E-state index is 0.0420. The molecule has 13 nitrogen and oxygen atoms in total. The van der Waals surface area contributed by atoms with Crippen molar-refractivity contribution >= 4 is 47.0 Å². The highest BCUT2D eigenvalue weighted by Crippen LogP contribution is 2.43. The Bertz CT molecular complexity index is 2000. The highest BCUT2D eigenvalue weighted by Gasteiger charge is 2.37. The second-order valence-electron chi connectivity index (χ2n) is 11.8. The zero-order chi connectivity index (χ0) is 35.0. The lowest BCUT2D eigenvalue weighted by Gasteiger charge is -2.40. The number of amides is 3. The second kappa shape index (κ2) is 15.6. The Morgan fingerprint density at radius 2 is 1.92 bits per heavy atom. The molecule has 256 valence electrons. The number of nitrogens with zero attached hydrogens (tertiary/aromatic N) is 6. The van der Waals surface area contributed by atoms with Crippen LogP contribution in [0.4, 0.5) is 16.2 Å². The minimum Gasteiger partial charge on any atom is -0.453 e. The van der Waals surface area contributed by atoms with Crippen molar-refractivity contribution in [2.24, 2.45) is 0 Å². The summed E-state index contributed by atoms with van der Waals surface area (Å²) in [6, 6.07) is 20.2. The lowest BCUT2D eigenvalue weighted by atomic mass is 9.83. The van der Waals surface area contributed by atoms with E-state index in [1.807, 2.05) is 30.0 Å². The van der Waals surface area contributed by atoms with Crippen LogP contribution >= 0.6 is 11.6 Å². The Balaban J connectivity index is 1.36. The molecule has 2 atom stereocenters. The molecule has 0 spiro atoms. The molecule has 2 aromatic heterocycles. The summed E-state index contributed by atoms with van der Waals surface area (Å²) in [5.41, 5.74) is 4.70. The number of ether oxygens (including phenoxy) is 1. The summed E-state index contributed by atoms with van der Waals surface area (Å²) >= 11 is 6.33. The first-order chi connectivity index (χ1) is 24.3. The van der Waals surface area contributed by atoms with Crippen molar-refractivity contribution < 1.29 is 19.1 Å². The summed E-state index contributed by atoms with van der Waals surface area (Å²) in [4.78, 5) is 48.9. The van der Waals surface area contributed by atoms with Gasteiger partial charge in [-0.3, -0.25) is 14.9 Å². The number of imidazole rings is 1. The van der Waals surface area contributed by atoms with Gasteiger partial charge in [0.05, 0.1) is 36.4 Å². The van der Waals surface area contributed by atoms with Gasteiger partial charge in [0.2, 0.25) is 11.8 Å². The van der Waals surface area contributed by atoms with E-state index in [2.05, 4.69) is 43.3 Å². The topological polar surface area (TPSA) is 160 Å². The Morgan fingerprint density at radius 1 is 1.08 bits per heavy atom. The number of methoxy groups -OCH3 is 1. The molecule has 2 unspecified atom stereocenters. The van der Waals surface area contributed by atoms with Gasteiger partial charge in [0, 0.05) is 46.8 Å². The summed E-state index contributed by atoms with van der Waals surface area (Å²) < 4.78 is 6.25. The number of H-pyrrole nitrogens is 1. The highest BCUT2D eigenvalue weighted by atomic mass is 35.5. The number of tetrazole rings is 1. The number of piperidine rings is 1. The number of aromatic nitrogens is 6. The number of anilines is 2. The normalized spacial score (nSPS) is 15.9. The van der Waals surface area contributed by atoms with E-state index in [1.165, 1.54) is 24.2 Å². The predicted molar refractivity (Wildman–Crippen MR) is 190 cm³/mol. The van der Waals surface area contributed by atoms with Crippen LogP contribution in [-0.4, -0.2) is 66.6 Å². The van der Waals surface area contributed by atoms with Gasteiger partial charge in [0.15, 0.2) is 0 Å². The molecule has 14 heteroatoms. The quantitative estimate of drug-likeness (QED) is 0.135. The first-order valence-corrected chi connectivity index (χ1v) is 16.6. The van der Waals surface area contributed by atoms with Crippen molar-refractivity contribution in [2.45, 2.75) is 44.6 Å². The second-order valence-corrected chi connectivity index (χ2v) is 12.2. The van der Waals surface area contributed by atoms with Crippen molar-refractivity contribution in [3.63, 3.8) is 0 Å². The zero-order valence-corrected chi connectivity index (χ0v) is 28.3. The molecule has 6 rings (SSSR count). The van der Waals surface area contributed by atoms with Gasteiger partial charge >= 0.3 is 6.09 Å². The van der Waals surface area contributed by atoms with Gasteiger partial charge in [0.25, 0.3) is 0 Å². The standard InChI is InChI=1S/C36H36ClN9O4/c1-3-8-32(47)41-29-20-26(40-36(49)50-2)14-15-28(29)30-21-38-35(42-30)34-27(23-9-5-4-6-10-23)11-7-18-45(34)33(48)17-12-24-19-25(37)13-16-31(24)46-22-39-43-44-46/h4-6,9-10,12-17,19-22,27,34H,3,7-8,11,18H2,1-2H3,(H,38,42)(H,40,49)(H,41,47). The van der Waals surface area contributed by atoms with Crippen LogP contribution in [0.2, 0.25) is 5.02 Å². The van der Waals surface area contributed by atoms with E-state index in [1.54, 1.807) is 48.7 Å². The molecule has 3 heterocycles. The number of nitrogens with one attached hydrogen (secondary N) is 3. The lowest BCUT2D eigenvalue weighted by molar-refractivity contribution is -0.130. The SMILES string of the molecule is CCCC(=O)Nc1cc(NC(=O)OC)ccc1-c1cnc(C2C(c3ccccc3)CCCN2C(=O)C=Cc2cc(Cl)ccc2-n2cnnn2)[nH]1. The number of carbonyl (C=O) groups is 3. The Morgan fingerprint density at radius 3 is 2.68 bits per heavy atom. The van der Waals surface area contributed by atoms with Gasteiger partial charge in [-0.25, -0.2) is 9.78 Å². The van der Waals surface area contributed by atoms with Crippen LogP contribution in [0.3, 0.4) is 0 Å². The fourth-order valence-corrected chi connectivity index (χ4v) is 6.40. The molecule has 0 radical (unpaired) electrons. The fourth-order valence-electron chi connectivity index (χ4n) is 6.22. The average Bonchev–Trinajstić information content (AvgIpc) is 3.84.